The number of carbonyl (C=O) groups is 1. The number of morpholine rings is 1. The van der Waals surface area contributed by atoms with E-state index in [0.29, 0.717) is 31.4 Å². The zero-order valence-corrected chi connectivity index (χ0v) is 16.4. The molecule has 0 spiro atoms. The van der Waals surface area contributed by atoms with Crippen molar-refractivity contribution in [1.82, 2.24) is 9.88 Å². The van der Waals surface area contributed by atoms with Crippen molar-refractivity contribution in [3.05, 3.63) is 45.4 Å². The Morgan fingerprint density at radius 3 is 3.15 bits per heavy atom. The van der Waals surface area contributed by atoms with Gasteiger partial charge in [0.2, 0.25) is 0 Å². The van der Waals surface area contributed by atoms with Crippen LogP contribution in [0, 0.1) is 6.92 Å². The third-order valence-corrected chi connectivity index (χ3v) is 5.48. The van der Waals surface area contributed by atoms with Gasteiger partial charge < -0.3 is 14.4 Å². The Labute approximate surface area is 162 Å². The number of hydrogen-bond donors (Lipinski definition) is 1. The van der Waals surface area contributed by atoms with Gasteiger partial charge in [0, 0.05) is 36.2 Å². The fraction of sp³-hybridized carbons (Fsp3) is 0.444. The molecule has 1 fully saturated rings. The highest BCUT2D eigenvalue weighted by molar-refractivity contribution is 7.15. The Kier molecular flexibility index (Phi) is 6.48. The summed E-state index contributed by atoms with van der Waals surface area (Å²) in [5.74, 6) is 0. The molecule has 1 atom stereocenters. The van der Waals surface area contributed by atoms with Crippen molar-refractivity contribution in [2.45, 2.75) is 19.4 Å². The molecule has 2 aromatic rings. The van der Waals surface area contributed by atoms with Crippen LogP contribution in [-0.4, -0.2) is 55.4 Å². The van der Waals surface area contributed by atoms with Gasteiger partial charge in [0.25, 0.3) is 0 Å². The highest BCUT2D eigenvalue weighted by atomic mass is 35.5. The molecule has 3 rings (SSSR count). The molecule has 0 radical (unpaired) electrons. The third kappa shape index (κ3) is 4.94. The molecule has 1 aromatic carbocycles. The van der Waals surface area contributed by atoms with Gasteiger partial charge in [-0.3, -0.25) is 5.32 Å². The molecule has 0 bridgehead atoms. The summed E-state index contributed by atoms with van der Waals surface area (Å²) in [7, 11) is 1.63. The molecule has 1 saturated heterocycles. The van der Waals surface area contributed by atoms with Crippen LogP contribution in [0.5, 0.6) is 0 Å². The van der Waals surface area contributed by atoms with Crippen molar-refractivity contribution >= 4 is 34.1 Å². The van der Waals surface area contributed by atoms with Crippen molar-refractivity contribution in [2.75, 3.05) is 38.7 Å². The predicted octanol–water partition coefficient (Wildman–Crippen LogP) is 3.57. The minimum atomic E-state index is -0.159. The SMILES string of the molecule is COCC1CN(C(=O)Nc2ncc(Cc3ccc(C)c(Cl)c3)s2)CCO1. The normalized spacial score (nSPS) is 17.3. The Morgan fingerprint density at radius 1 is 1.54 bits per heavy atom. The maximum absolute atomic E-state index is 12.4. The number of thiazole rings is 1. The first-order valence-corrected chi connectivity index (χ1v) is 9.61. The maximum atomic E-state index is 12.4. The van der Waals surface area contributed by atoms with Crippen molar-refractivity contribution in [1.29, 1.82) is 0 Å². The summed E-state index contributed by atoms with van der Waals surface area (Å²) in [5.41, 5.74) is 2.18. The van der Waals surface area contributed by atoms with Crippen LogP contribution in [0.15, 0.2) is 24.4 Å². The molecule has 1 unspecified atom stereocenters. The topological polar surface area (TPSA) is 63.7 Å². The molecule has 1 aliphatic rings. The molecular formula is C18H22ClN3O3S. The van der Waals surface area contributed by atoms with E-state index in [1.54, 1.807) is 18.2 Å². The molecule has 1 N–H and O–H groups in total. The quantitative estimate of drug-likeness (QED) is 0.840. The number of methoxy groups -OCH3 is 1. The maximum Gasteiger partial charge on any atom is 0.323 e. The standard InChI is InChI=1S/C18H22ClN3O3S/c1-12-3-4-13(8-16(12)19)7-15-9-20-17(26-15)21-18(23)22-5-6-25-14(10-22)11-24-2/h3-4,8-9,14H,5-7,10-11H2,1-2H3,(H,20,21,23). The van der Waals surface area contributed by atoms with Crippen molar-refractivity contribution in [2.24, 2.45) is 0 Å². The summed E-state index contributed by atoms with van der Waals surface area (Å²) >= 11 is 7.65. The minimum absolute atomic E-state index is 0.0855. The van der Waals surface area contributed by atoms with E-state index in [1.165, 1.54) is 11.3 Å². The number of nitrogens with one attached hydrogen (secondary N) is 1. The third-order valence-electron chi connectivity index (χ3n) is 4.16. The second-order valence-electron chi connectivity index (χ2n) is 6.22. The van der Waals surface area contributed by atoms with Crippen molar-refractivity contribution in [3.63, 3.8) is 0 Å². The number of hydrogen-bond acceptors (Lipinski definition) is 5. The van der Waals surface area contributed by atoms with Gasteiger partial charge >= 0.3 is 6.03 Å². The average molecular weight is 396 g/mol. The first-order valence-electron chi connectivity index (χ1n) is 8.41. The van der Waals surface area contributed by atoms with E-state index in [0.717, 1.165) is 27.4 Å². The second kappa shape index (κ2) is 8.81. The molecule has 2 heterocycles. The zero-order chi connectivity index (χ0) is 18.5. The number of aryl methyl sites for hydroxylation is 1. The van der Waals surface area contributed by atoms with Gasteiger partial charge in [-0.05, 0) is 24.1 Å². The van der Waals surface area contributed by atoms with Crippen LogP contribution in [0.3, 0.4) is 0 Å². The molecule has 0 aliphatic carbocycles. The number of carbonyl (C=O) groups excluding carboxylic acids is 1. The number of amides is 2. The van der Waals surface area contributed by atoms with Gasteiger partial charge in [-0.25, -0.2) is 9.78 Å². The lowest BCUT2D eigenvalue weighted by Gasteiger charge is -2.32. The van der Waals surface area contributed by atoms with Gasteiger partial charge in [0.15, 0.2) is 5.13 Å². The fourth-order valence-electron chi connectivity index (χ4n) is 2.76. The average Bonchev–Trinajstić information content (AvgIpc) is 3.05. The summed E-state index contributed by atoms with van der Waals surface area (Å²) in [6.45, 7) is 4.05. The Hall–Kier alpha value is -1.67. The fourth-order valence-corrected chi connectivity index (χ4v) is 3.80. The molecule has 1 aliphatic heterocycles. The first-order chi connectivity index (χ1) is 12.5. The lowest BCUT2D eigenvalue weighted by Crippen LogP contribution is -2.48. The molecule has 8 heteroatoms. The lowest BCUT2D eigenvalue weighted by atomic mass is 10.1. The molecule has 2 amide bonds. The van der Waals surface area contributed by atoms with Gasteiger partial charge in [0.05, 0.1) is 25.9 Å². The number of ether oxygens (including phenoxy) is 2. The summed E-state index contributed by atoms with van der Waals surface area (Å²) in [6.07, 6.45) is 2.44. The Morgan fingerprint density at radius 2 is 2.38 bits per heavy atom. The zero-order valence-electron chi connectivity index (χ0n) is 14.8. The van der Waals surface area contributed by atoms with Crippen LogP contribution >= 0.6 is 22.9 Å². The lowest BCUT2D eigenvalue weighted by molar-refractivity contribution is -0.0481. The van der Waals surface area contributed by atoms with E-state index in [2.05, 4.69) is 16.4 Å². The largest absolute Gasteiger partial charge is 0.382 e. The number of rotatable bonds is 5. The summed E-state index contributed by atoms with van der Waals surface area (Å²) < 4.78 is 10.7. The smallest absolute Gasteiger partial charge is 0.323 e. The number of anilines is 1. The number of urea groups is 1. The second-order valence-corrected chi connectivity index (χ2v) is 7.74. The van der Waals surface area contributed by atoms with E-state index < -0.39 is 0 Å². The molecule has 140 valence electrons. The van der Waals surface area contributed by atoms with Gasteiger partial charge in [0.1, 0.15) is 0 Å². The monoisotopic (exact) mass is 395 g/mol. The van der Waals surface area contributed by atoms with Crippen molar-refractivity contribution < 1.29 is 14.3 Å². The molecule has 0 saturated carbocycles. The summed E-state index contributed by atoms with van der Waals surface area (Å²) in [5, 5.41) is 4.23. The number of nitrogens with zero attached hydrogens (tertiary/aromatic N) is 2. The highest BCUT2D eigenvalue weighted by Gasteiger charge is 2.24. The van der Waals surface area contributed by atoms with E-state index >= 15 is 0 Å². The van der Waals surface area contributed by atoms with Crippen LogP contribution < -0.4 is 5.32 Å². The van der Waals surface area contributed by atoms with Crippen LogP contribution in [0.1, 0.15) is 16.0 Å². The first kappa shape index (κ1) is 19.1. The van der Waals surface area contributed by atoms with Gasteiger partial charge in [-0.2, -0.15) is 0 Å². The molecule has 6 nitrogen and oxygen atoms in total. The van der Waals surface area contributed by atoms with E-state index in [-0.39, 0.29) is 12.1 Å². The van der Waals surface area contributed by atoms with Crippen LogP contribution in [0.4, 0.5) is 9.93 Å². The van der Waals surface area contributed by atoms with Gasteiger partial charge in [-0.15, -0.1) is 11.3 Å². The Balaban J connectivity index is 1.57. The Bertz CT molecular complexity index is 766. The molecule has 26 heavy (non-hydrogen) atoms. The summed E-state index contributed by atoms with van der Waals surface area (Å²) in [4.78, 5) is 19.5. The van der Waals surface area contributed by atoms with Crippen LogP contribution in [-0.2, 0) is 15.9 Å². The number of halogens is 1. The highest BCUT2D eigenvalue weighted by Crippen LogP contribution is 2.24. The number of aromatic nitrogens is 1. The van der Waals surface area contributed by atoms with Crippen LogP contribution in [0.25, 0.3) is 0 Å². The van der Waals surface area contributed by atoms with E-state index in [1.807, 2.05) is 19.1 Å². The van der Waals surface area contributed by atoms with E-state index in [9.17, 15) is 4.79 Å². The van der Waals surface area contributed by atoms with Gasteiger partial charge in [-0.1, -0.05) is 23.7 Å². The molecule has 1 aromatic heterocycles. The predicted molar refractivity (Wildman–Crippen MR) is 103 cm³/mol. The number of benzene rings is 1. The van der Waals surface area contributed by atoms with E-state index in [4.69, 9.17) is 21.1 Å². The summed E-state index contributed by atoms with van der Waals surface area (Å²) in [6, 6.07) is 5.88. The molecular weight excluding hydrogens is 374 g/mol. The minimum Gasteiger partial charge on any atom is -0.382 e. The van der Waals surface area contributed by atoms with Crippen molar-refractivity contribution in [3.8, 4) is 0 Å². The van der Waals surface area contributed by atoms with Crippen LogP contribution in [0.2, 0.25) is 5.02 Å².